The van der Waals surface area contributed by atoms with Gasteiger partial charge in [0.15, 0.2) is 12.4 Å². The van der Waals surface area contributed by atoms with Crippen LogP contribution in [0.4, 0.5) is 4.39 Å². The van der Waals surface area contributed by atoms with Gasteiger partial charge in [-0.1, -0.05) is 61.4 Å². The first-order chi connectivity index (χ1) is 15.1. The number of benzene rings is 3. The maximum absolute atomic E-state index is 13.8. The van der Waals surface area contributed by atoms with Crippen LogP contribution >= 0.6 is 0 Å². The molecular weight excluding hydrogens is 391 g/mol. The van der Waals surface area contributed by atoms with Crippen LogP contribution < -0.4 is 0 Å². The molecule has 0 bridgehead atoms. The van der Waals surface area contributed by atoms with Crippen molar-refractivity contribution in [3.63, 3.8) is 0 Å². The molecule has 5 rings (SSSR count). The molecule has 0 atom stereocenters. The normalized spacial score (nSPS) is 15.9. The number of halogens is 1. The van der Waals surface area contributed by atoms with Gasteiger partial charge in [0.25, 0.3) is 0 Å². The zero-order chi connectivity index (χ0) is 21.4. The highest BCUT2D eigenvalue weighted by Gasteiger charge is 2.44. The maximum Gasteiger partial charge on any atom is 0.317 e. The fraction of sp³-hybridized carbons (Fsp3) is 0.259. The van der Waals surface area contributed by atoms with E-state index < -0.39 is 11.4 Å². The Morgan fingerprint density at radius 1 is 0.871 bits per heavy atom. The third kappa shape index (κ3) is 3.46. The fourth-order valence-electron chi connectivity index (χ4n) is 5.03. The van der Waals surface area contributed by atoms with Crippen LogP contribution in [0.5, 0.6) is 0 Å². The van der Waals surface area contributed by atoms with Gasteiger partial charge in [-0.05, 0) is 65.3 Å². The molecule has 1 saturated carbocycles. The summed E-state index contributed by atoms with van der Waals surface area (Å²) < 4.78 is 19.3. The smallest absolute Gasteiger partial charge is 0.317 e. The molecule has 0 amide bonds. The van der Waals surface area contributed by atoms with E-state index in [1.165, 1.54) is 23.3 Å². The van der Waals surface area contributed by atoms with Crippen molar-refractivity contribution >= 4 is 11.8 Å². The third-order valence-corrected chi connectivity index (χ3v) is 6.68. The molecule has 0 aliphatic heterocycles. The lowest BCUT2D eigenvalue weighted by atomic mass is 9.79. The number of carbonyl (C=O) groups excluding carboxylic acids is 2. The Bertz CT molecular complexity index is 1170. The van der Waals surface area contributed by atoms with Crippen molar-refractivity contribution in [2.75, 3.05) is 6.61 Å². The summed E-state index contributed by atoms with van der Waals surface area (Å²) in [4.78, 5) is 25.9. The summed E-state index contributed by atoms with van der Waals surface area (Å²) >= 11 is 0. The van der Waals surface area contributed by atoms with Crippen molar-refractivity contribution in [2.45, 2.75) is 37.5 Å². The predicted octanol–water partition coefficient (Wildman–Crippen LogP) is 5.63. The summed E-state index contributed by atoms with van der Waals surface area (Å²) in [6, 6.07) is 20.0. The van der Waals surface area contributed by atoms with Gasteiger partial charge in [-0.3, -0.25) is 9.59 Å². The van der Waals surface area contributed by atoms with E-state index in [1.54, 1.807) is 18.2 Å². The van der Waals surface area contributed by atoms with Crippen molar-refractivity contribution in [1.82, 2.24) is 0 Å². The molecule has 1 fully saturated rings. The lowest BCUT2D eigenvalue weighted by molar-refractivity contribution is -0.149. The van der Waals surface area contributed by atoms with Gasteiger partial charge in [0.05, 0.1) is 5.41 Å². The Kier molecular flexibility index (Phi) is 4.93. The minimum atomic E-state index is -0.862. The Morgan fingerprint density at radius 2 is 1.65 bits per heavy atom. The molecule has 0 radical (unpaired) electrons. The second kappa shape index (κ2) is 7.77. The van der Waals surface area contributed by atoms with Crippen LogP contribution in [0.15, 0.2) is 66.7 Å². The van der Waals surface area contributed by atoms with E-state index in [0.29, 0.717) is 24.0 Å². The molecule has 0 heterocycles. The number of Topliss-reactive ketones (excluding diaryl/α,β-unsaturated/α-hetero) is 1. The number of ether oxygens (including phenoxy) is 1. The maximum atomic E-state index is 13.8. The van der Waals surface area contributed by atoms with Crippen LogP contribution in [0.3, 0.4) is 0 Å². The number of rotatable bonds is 5. The zero-order valence-corrected chi connectivity index (χ0v) is 17.2. The van der Waals surface area contributed by atoms with Gasteiger partial charge < -0.3 is 4.74 Å². The second-order valence-corrected chi connectivity index (χ2v) is 8.50. The van der Waals surface area contributed by atoms with Gasteiger partial charge in [0.2, 0.25) is 0 Å². The predicted molar refractivity (Wildman–Crippen MR) is 117 cm³/mol. The Morgan fingerprint density at radius 3 is 2.45 bits per heavy atom. The van der Waals surface area contributed by atoms with Crippen LogP contribution in [-0.4, -0.2) is 18.4 Å². The summed E-state index contributed by atoms with van der Waals surface area (Å²) in [6.07, 6.45) is 3.84. The van der Waals surface area contributed by atoms with Crippen molar-refractivity contribution in [2.24, 2.45) is 0 Å². The Hall–Kier alpha value is -3.27. The molecule has 3 aromatic rings. The molecule has 0 unspecified atom stereocenters. The standard InChI is InChI=1S/C27H23FO3/c28-22-8-5-7-21(16-22)27(12-3-4-13-27)26(30)31-17-25(29)20-11-10-19-14-18-6-1-2-9-23(18)24(19)15-20/h1-2,5-11,15-16H,3-4,12-14,17H2. The lowest BCUT2D eigenvalue weighted by Crippen LogP contribution is -2.36. The molecule has 0 N–H and O–H groups in total. The van der Waals surface area contributed by atoms with Crippen molar-refractivity contribution < 1.29 is 18.7 Å². The number of carbonyl (C=O) groups is 2. The summed E-state index contributed by atoms with van der Waals surface area (Å²) in [7, 11) is 0. The number of fused-ring (bicyclic) bond motifs is 3. The van der Waals surface area contributed by atoms with Crippen LogP contribution in [-0.2, 0) is 21.4 Å². The van der Waals surface area contributed by atoms with Gasteiger partial charge in [-0.15, -0.1) is 0 Å². The molecule has 4 heteroatoms. The fourth-order valence-corrected chi connectivity index (χ4v) is 5.03. The first-order valence-corrected chi connectivity index (χ1v) is 10.7. The van der Waals surface area contributed by atoms with E-state index in [-0.39, 0.29) is 18.2 Å². The minimum Gasteiger partial charge on any atom is -0.457 e. The molecule has 3 aromatic carbocycles. The van der Waals surface area contributed by atoms with E-state index in [9.17, 15) is 14.0 Å². The summed E-state index contributed by atoms with van der Waals surface area (Å²) in [6.45, 7) is -0.309. The Labute approximate surface area is 180 Å². The first-order valence-electron chi connectivity index (χ1n) is 10.7. The molecule has 156 valence electrons. The molecule has 3 nitrogen and oxygen atoms in total. The monoisotopic (exact) mass is 414 g/mol. The van der Waals surface area contributed by atoms with E-state index >= 15 is 0 Å². The van der Waals surface area contributed by atoms with Crippen molar-refractivity contribution in [3.05, 3.63) is 94.8 Å². The quantitative estimate of drug-likeness (QED) is 0.314. The molecule has 0 spiro atoms. The molecule has 0 aromatic heterocycles. The van der Waals surface area contributed by atoms with E-state index in [0.717, 1.165) is 30.4 Å². The number of esters is 1. The molecular formula is C27H23FO3. The topological polar surface area (TPSA) is 43.4 Å². The largest absolute Gasteiger partial charge is 0.457 e. The first kappa shape index (κ1) is 19.7. The lowest BCUT2D eigenvalue weighted by Gasteiger charge is -2.27. The van der Waals surface area contributed by atoms with Gasteiger partial charge >= 0.3 is 5.97 Å². The summed E-state index contributed by atoms with van der Waals surface area (Å²) in [5, 5.41) is 0. The van der Waals surface area contributed by atoms with Crippen molar-refractivity contribution in [1.29, 1.82) is 0 Å². The van der Waals surface area contributed by atoms with Crippen LogP contribution in [0.25, 0.3) is 11.1 Å². The van der Waals surface area contributed by atoms with Crippen LogP contribution in [0.1, 0.15) is 52.7 Å². The number of hydrogen-bond acceptors (Lipinski definition) is 3. The van der Waals surface area contributed by atoms with Gasteiger partial charge in [0, 0.05) is 5.56 Å². The van der Waals surface area contributed by atoms with Crippen LogP contribution in [0, 0.1) is 5.82 Å². The molecule has 31 heavy (non-hydrogen) atoms. The molecule has 2 aliphatic carbocycles. The van der Waals surface area contributed by atoms with Crippen molar-refractivity contribution in [3.8, 4) is 11.1 Å². The molecule has 2 aliphatic rings. The molecule has 0 saturated heterocycles. The highest BCUT2D eigenvalue weighted by molar-refractivity contribution is 6.00. The number of hydrogen-bond donors (Lipinski definition) is 0. The summed E-state index contributed by atoms with van der Waals surface area (Å²) in [5.41, 5.74) is 4.99. The average Bonchev–Trinajstić information content (AvgIpc) is 3.42. The van der Waals surface area contributed by atoms with Gasteiger partial charge in [0.1, 0.15) is 5.82 Å². The van der Waals surface area contributed by atoms with Crippen LogP contribution in [0.2, 0.25) is 0 Å². The Balaban J connectivity index is 1.34. The highest BCUT2D eigenvalue weighted by atomic mass is 19.1. The van der Waals surface area contributed by atoms with E-state index in [1.807, 2.05) is 24.3 Å². The zero-order valence-electron chi connectivity index (χ0n) is 17.2. The summed E-state index contributed by atoms with van der Waals surface area (Å²) in [5.74, 6) is -1.03. The average molecular weight is 414 g/mol. The third-order valence-electron chi connectivity index (χ3n) is 6.68. The minimum absolute atomic E-state index is 0.229. The second-order valence-electron chi connectivity index (χ2n) is 8.50. The van der Waals surface area contributed by atoms with Gasteiger partial charge in [-0.2, -0.15) is 0 Å². The van der Waals surface area contributed by atoms with Gasteiger partial charge in [-0.25, -0.2) is 4.39 Å². The van der Waals surface area contributed by atoms with E-state index in [4.69, 9.17) is 4.74 Å². The highest BCUT2D eigenvalue weighted by Crippen LogP contribution is 2.42. The van der Waals surface area contributed by atoms with E-state index in [2.05, 4.69) is 12.1 Å². The SMILES string of the molecule is O=C(COC(=O)C1(c2cccc(F)c2)CCCC1)c1ccc2c(c1)-c1ccccc1C2. The number of ketones is 1.